The number of amides is 1. The molecular formula is C19H17N3O6. The molecule has 1 N–H and O–H groups in total. The van der Waals surface area contributed by atoms with Gasteiger partial charge in [-0.25, -0.2) is 5.43 Å². The lowest BCUT2D eigenvalue weighted by molar-refractivity contribution is -0.384. The first kappa shape index (κ1) is 18.9. The average Bonchev–Trinajstić information content (AvgIpc) is 3.12. The van der Waals surface area contributed by atoms with E-state index in [1.54, 1.807) is 18.2 Å². The van der Waals surface area contributed by atoms with E-state index in [9.17, 15) is 14.9 Å². The van der Waals surface area contributed by atoms with E-state index in [2.05, 4.69) is 10.5 Å². The van der Waals surface area contributed by atoms with Crippen LogP contribution in [0.1, 0.15) is 23.0 Å². The van der Waals surface area contributed by atoms with E-state index in [-0.39, 0.29) is 11.4 Å². The molecular weight excluding hydrogens is 366 g/mol. The summed E-state index contributed by atoms with van der Waals surface area (Å²) in [5.74, 6) is 0.587. The number of non-ortho nitro benzene ring substituents is 1. The molecule has 0 saturated heterocycles. The molecule has 0 aliphatic carbocycles. The van der Waals surface area contributed by atoms with Gasteiger partial charge in [-0.15, -0.1) is 0 Å². The Balaban J connectivity index is 1.71. The maximum atomic E-state index is 12.2. The molecule has 0 bridgehead atoms. The van der Waals surface area contributed by atoms with Crippen LogP contribution in [0.5, 0.6) is 11.5 Å². The number of methoxy groups -OCH3 is 1. The second kappa shape index (κ2) is 8.21. The molecule has 9 heteroatoms. The Hall–Kier alpha value is -3.88. The summed E-state index contributed by atoms with van der Waals surface area (Å²) in [4.78, 5) is 22.5. The molecule has 28 heavy (non-hydrogen) atoms. The summed E-state index contributed by atoms with van der Waals surface area (Å²) in [6.07, 6.45) is 1.45. The smallest absolute Gasteiger partial charge is 0.307 e. The van der Waals surface area contributed by atoms with Crippen LogP contribution in [0.4, 0.5) is 5.69 Å². The van der Waals surface area contributed by atoms with Crippen LogP contribution in [-0.4, -0.2) is 30.8 Å². The quantitative estimate of drug-likeness (QED) is 0.379. The minimum absolute atomic E-state index is 0.00285. The van der Waals surface area contributed by atoms with Crippen LogP contribution >= 0.6 is 0 Å². The number of nitrogens with zero attached hydrogens (tertiary/aromatic N) is 2. The zero-order chi connectivity index (χ0) is 20.1. The van der Waals surface area contributed by atoms with Gasteiger partial charge in [0.15, 0.2) is 17.3 Å². The van der Waals surface area contributed by atoms with Gasteiger partial charge < -0.3 is 13.9 Å². The normalized spacial score (nSPS) is 10.9. The summed E-state index contributed by atoms with van der Waals surface area (Å²) in [6.45, 7) is 2.39. The molecule has 0 aliphatic rings. The maximum absolute atomic E-state index is 12.2. The van der Waals surface area contributed by atoms with Crippen molar-refractivity contribution in [2.45, 2.75) is 6.92 Å². The van der Waals surface area contributed by atoms with Crippen molar-refractivity contribution in [1.82, 2.24) is 5.43 Å². The largest absolute Gasteiger partial charge is 0.493 e. The average molecular weight is 383 g/mol. The highest BCUT2D eigenvalue weighted by atomic mass is 16.6. The van der Waals surface area contributed by atoms with Crippen molar-refractivity contribution < 1.29 is 23.6 Å². The van der Waals surface area contributed by atoms with E-state index in [0.29, 0.717) is 34.6 Å². The summed E-state index contributed by atoms with van der Waals surface area (Å²) in [7, 11) is 1.53. The van der Waals surface area contributed by atoms with E-state index >= 15 is 0 Å². The Bertz CT molecular complexity index is 1060. The van der Waals surface area contributed by atoms with Gasteiger partial charge in [0, 0.05) is 17.5 Å². The van der Waals surface area contributed by atoms with Crippen LogP contribution in [0, 0.1) is 10.1 Å². The SMILES string of the molecule is CCOc1ccc(/C=N/NC(=O)c2cc3cc([N+](=O)[O-])ccc3o2)cc1OC. The third-order valence-corrected chi connectivity index (χ3v) is 3.80. The van der Waals surface area contributed by atoms with Crippen LogP contribution in [0.2, 0.25) is 0 Å². The molecule has 3 rings (SSSR count). The number of nitro groups is 1. The number of hydrogen-bond acceptors (Lipinski definition) is 7. The minimum Gasteiger partial charge on any atom is -0.493 e. The molecule has 0 unspecified atom stereocenters. The molecule has 0 spiro atoms. The van der Waals surface area contributed by atoms with E-state index < -0.39 is 10.8 Å². The number of nitro benzene ring substituents is 1. The molecule has 1 aromatic heterocycles. The van der Waals surface area contributed by atoms with Crippen molar-refractivity contribution in [1.29, 1.82) is 0 Å². The van der Waals surface area contributed by atoms with Crippen molar-refractivity contribution in [3.63, 3.8) is 0 Å². The van der Waals surface area contributed by atoms with Gasteiger partial charge in [-0.05, 0) is 42.8 Å². The van der Waals surface area contributed by atoms with Crippen molar-refractivity contribution in [3.8, 4) is 11.5 Å². The van der Waals surface area contributed by atoms with Crippen molar-refractivity contribution >= 4 is 28.8 Å². The highest BCUT2D eigenvalue weighted by Gasteiger charge is 2.14. The first-order valence-corrected chi connectivity index (χ1v) is 8.34. The van der Waals surface area contributed by atoms with Crippen LogP contribution in [0.15, 0.2) is 52.0 Å². The number of hydrogen-bond donors (Lipinski definition) is 1. The number of carbonyl (C=O) groups excluding carboxylic acids is 1. The predicted molar refractivity (Wildman–Crippen MR) is 102 cm³/mol. The topological polar surface area (TPSA) is 116 Å². The van der Waals surface area contributed by atoms with Gasteiger partial charge in [0.25, 0.3) is 5.69 Å². The number of rotatable bonds is 7. The number of ether oxygens (including phenoxy) is 2. The van der Waals surface area contributed by atoms with Gasteiger partial charge >= 0.3 is 5.91 Å². The van der Waals surface area contributed by atoms with Gasteiger partial charge in [-0.3, -0.25) is 14.9 Å². The Morgan fingerprint density at radius 3 is 2.79 bits per heavy atom. The summed E-state index contributed by atoms with van der Waals surface area (Å²) in [5, 5.41) is 15.2. The highest BCUT2D eigenvalue weighted by Crippen LogP contribution is 2.27. The van der Waals surface area contributed by atoms with Crippen molar-refractivity contribution in [2.75, 3.05) is 13.7 Å². The number of nitrogens with one attached hydrogen (secondary N) is 1. The Morgan fingerprint density at radius 2 is 2.07 bits per heavy atom. The Morgan fingerprint density at radius 1 is 1.25 bits per heavy atom. The summed E-state index contributed by atoms with van der Waals surface area (Å²) in [5.41, 5.74) is 3.34. The molecule has 0 radical (unpaired) electrons. The van der Waals surface area contributed by atoms with E-state index in [1.165, 1.54) is 37.6 Å². The third-order valence-electron chi connectivity index (χ3n) is 3.80. The lowest BCUT2D eigenvalue weighted by atomic mass is 10.2. The zero-order valence-corrected chi connectivity index (χ0v) is 15.2. The summed E-state index contributed by atoms with van der Waals surface area (Å²) >= 11 is 0. The van der Waals surface area contributed by atoms with Crippen molar-refractivity contribution in [2.24, 2.45) is 5.10 Å². The predicted octanol–water partition coefficient (Wildman–Crippen LogP) is 3.51. The molecule has 9 nitrogen and oxygen atoms in total. The van der Waals surface area contributed by atoms with Crippen LogP contribution < -0.4 is 14.9 Å². The fourth-order valence-corrected chi connectivity index (χ4v) is 2.52. The van der Waals surface area contributed by atoms with Crippen LogP contribution in [0.25, 0.3) is 11.0 Å². The van der Waals surface area contributed by atoms with Gasteiger partial charge in [-0.1, -0.05) is 0 Å². The molecule has 1 heterocycles. The number of furan rings is 1. The zero-order valence-electron chi connectivity index (χ0n) is 15.2. The van der Waals surface area contributed by atoms with Gasteiger partial charge in [0.2, 0.25) is 0 Å². The fraction of sp³-hybridized carbons (Fsp3) is 0.158. The number of hydrazone groups is 1. The van der Waals surface area contributed by atoms with Crippen LogP contribution in [-0.2, 0) is 0 Å². The molecule has 2 aromatic carbocycles. The number of fused-ring (bicyclic) bond motifs is 1. The molecule has 1 amide bonds. The molecule has 0 aliphatic heterocycles. The fourth-order valence-electron chi connectivity index (χ4n) is 2.52. The van der Waals surface area contributed by atoms with Gasteiger partial charge in [0.1, 0.15) is 5.58 Å². The Labute approximate surface area is 159 Å². The molecule has 0 fully saturated rings. The lowest BCUT2D eigenvalue weighted by Gasteiger charge is -2.09. The third kappa shape index (κ3) is 4.09. The standard InChI is InChI=1S/C19H17N3O6/c1-3-27-16-6-4-12(8-17(16)26-2)11-20-21-19(23)18-10-13-9-14(22(24)25)5-7-15(13)28-18/h4-11H,3H2,1-2H3,(H,21,23)/b20-11+. The second-order valence-electron chi connectivity index (χ2n) is 5.63. The van der Waals surface area contributed by atoms with Crippen LogP contribution in [0.3, 0.4) is 0 Å². The summed E-state index contributed by atoms with van der Waals surface area (Å²) < 4.78 is 16.1. The minimum atomic E-state index is -0.576. The first-order valence-electron chi connectivity index (χ1n) is 8.34. The maximum Gasteiger partial charge on any atom is 0.307 e. The molecule has 0 saturated carbocycles. The lowest BCUT2D eigenvalue weighted by Crippen LogP contribution is -2.16. The molecule has 3 aromatic rings. The highest BCUT2D eigenvalue weighted by molar-refractivity contribution is 5.97. The Kier molecular flexibility index (Phi) is 5.54. The molecule has 144 valence electrons. The molecule has 0 atom stereocenters. The van der Waals surface area contributed by atoms with Crippen molar-refractivity contribution in [3.05, 3.63) is 63.9 Å². The number of carbonyl (C=O) groups is 1. The van der Waals surface area contributed by atoms with E-state index in [1.807, 2.05) is 6.92 Å². The summed E-state index contributed by atoms with van der Waals surface area (Å²) in [6, 6.07) is 10.8. The second-order valence-corrected chi connectivity index (χ2v) is 5.63. The van der Waals surface area contributed by atoms with E-state index in [4.69, 9.17) is 13.9 Å². The van der Waals surface area contributed by atoms with Gasteiger partial charge in [-0.2, -0.15) is 5.10 Å². The van der Waals surface area contributed by atoms with Gasteiger partial charge in [0.05, 0.1) is 24.9 Å². The van der Waals surface area contributed by atoms with E-state index in [0.717, 1.165) is 0 Å². The monoisotopic (exact) mass is 383 g/mol. The number of benzene rings is 2. The first-order chi connectivity index (χ1) is 13.5.